The maximum Gasteiger partial charge on any atom is 0.269 e. The van der Waals surface area contributed by atoms with Gasteiger partial charge in [0.05, 0.1) is 17.6 Å². The van der Waals surface area contributed by atoms with Crippen molar-refractivity contribution in [2.45, 2.75) is 0 Å². The molecule has 0 radical (unpaired) electrons. The van der Waals surface area contributed by atoms with E-state index in [0.29, 0.717) is 53.8 Å². The summed E-state index contributed by atoms with van der Waals surface area (Å²) in [5.41, 5.74) is 2.29. The van der Waals surface area contributed by atoms with Gasteiger partial charge in [-0.1, -0.05) is 11.6 Å². The standard InChI is InChI=1S/C25H23ClN4O5/c1-35-23-11-4-18(26)16-22(23)25(32)29-14-12-28(13-15-29)20-9-5-19(6-10-20)27-24(31)17-2-7-21(8-3-17)30(33)34/h2-11,16H,12-15H2,1H3,(H,27,31). The zero-order valence-corrected chi connectivity index (χ0v) is 19.7. The number of hydrogen-bond acceptors (Lipinski definition) is 6. The van der Waals surface area contributed by atoms with E-state index in [-0.39, 0.29) is 17.5 Å². The molecule has 9 nitrogen and oxygen atoms in total. The summed E-state index contributed by atoms with van der Waals surface area (Å²) >= 11 is 6.07. The van der Waals surface area contributed by atoms with E-state index in [0.717, 1.165) is 5.69 Å². The summed E-state index contributed by atoms with van der Waals surface area (Å²) in [5, 5.41) is 14.0. The van der Waals surface area contributed by atoms with Crippen LogP contribution in [-0.4, -0.2) is 54.9 Å². The lowest BCUT2D eigenvalue weighted by molar-refractivity contribution is -0.384. The minimum absolute atomic E-state index is 0.0700. The largest absolute Gasteiger partial charge is 0.496 e. The molecule has 3 aromatic rings. The van der Waals surface area contributed by atoms with Crippen molar-refractivity contribution >= 4 is 40.5 Å². The number of non-ortho nitro benzene ring substituents is 1. The van der Waals surface area contributed by atoms with Crippen LogP contribution in [0.15, 0.2) is 66.7 Å². The molecular formula is C25H23ClN4O5. The fourth-order valence-corrected chi connectivity index (χ4v) is 4.05. The van der Waals surface area contributed by atoms with Gasteiger partial charge in [0, 0.05) is 60.3 Å². The fraction of sp³-hybridized carbons (Fsp3) is 0.200. The van der Waals surface area contributed by atoms with Crippen LogP contribution in [0.1, 0.15) is 20.7 Å². The first kappa shape index (κ1) is 24.0. The summed E-state index contributed by atoms with van der Waals surface area (Å²) in [6.45, 7) is 2.41. The average Bonchev–Trinajstić information content (AvgIpc) is 2.89. The van der Waals surface area contributed by atoms with Crippen molar-refractivity contribution in [1.82, 2.24) is 4.90 Å². The third kappa shape index (κ3) is 5.52. The molecule has 2 amide bonds. The molecule has 0 bridgehead atoms. The molecule has 4 rings (SSSR count). The Morgan fingerprint density at radius 3 is 2.23 bits per heavy atom. The van der Waals surface area contributed by atoms with Crippen molar-refractivity contribution in [1.29, 1.82) is 0 Å². The van der Waals surface area contributed by atoms with Crippen LogP contribution in [0, 0.1) is 10.1 Å². The second-order valence-corrected chi connectivity index (χ2v) is 8.37. The van der Waals surface area contributed by atoms with Crippen LogP contribution in [-0.2, 0) is 0 Å². The topological polar surface area (TPSA) is 105 Å². The number of benzene rings is 3. The highest BCUT2D eigenvalue weighted by Crippen LogP contribution is 2.26. The van der Waals surface area contributed by atoms with Crippen LogP contribution in [0.2, 0.25) is 5.02 Å². The van der Waals surface area contributed by atoms with Crippen molar-refractivity contribution in [3.05, 3.63) is 93.0 Å². The predicted molar refractivity (Wildman–Crippen MR) is 134 cm³/mol. The number of nitro groups is 1. The monoisotopic (exact) mass is 494 g/mol. The summed E-state index contributed by atoms with van der Waals surface area (Å²) in [5.74, 6) is 0.0257. The number of piperazine rings is 1. The number of nitrogens with zero attached hydrogens (tertiary/aromatic N) is 3. The zero-order valence-electron chi connectivity index (χ0n) is 18.9. The Labute approximate surface area is 207 Å². The fourth-order valence-electron chi connectivity index (χ4n) is 3.88. The molecule has 1 aliphatic heterocycles. The number of rotatable bonds is 6. The number of hydrogen-bond donors (Lipinski definition) is 1. The third-order valence-corrected chi connectivity index (χ3v) is 6.02. The van der Waals surface area contributed by atoms with E-state index in [9.17, 15) is 19.7 Å². The van der Waals surface area contributed by atoms with Gasteiger partial charge < -0.3 is 19.9 Å². The first-order valence-electron chi connectivity index (χ1n) is 10.9. The molecule has 1 heterocycles. The Balaban J connectivity index is 1.34. The molecule has 1 fully saturated rings. The van der Waals surface area contributed by atoms with Crippen LogP contribution < -0.4 is 15.0 Å². The highest BCUT2D eigenvalue weighted by Gasteiger charge is 2.25. The molecule has 35 heavy (non-hydrogen) atoms. The van der Waals surface area contributed by atoms with Crippen molar-refractivity contribution in [2.24, 2.45) is 0 Å². The van der Waals surface area contributed by atoms with Crippen molar-refractivity contribution in [3.63, 3.8) is 0 Å². The van der Waals surface area contributed by atoms with Gasteiger partial charge in [0.1, 0.15) is 5.75 Å². The quantitative estimate of drug-likeness (QED) is 0.400. The molecule has 10 heteroatoms. The molecule has 0 spiro atoms. The first-order valence-corrected chi connectivity index (χ1v) is 11.3. The van der Waals surface area contributed by atoms with Crippen LogP contribution in [0.25, 0.3) is 0 Å². The van der Waals surface area contributed by atoms with E-state index in [1.54, 1.807) is 35.2 Å². The van der Waals surface area contributed by atoms with Gasteiger partial charge >= 0.3 is 0 Å². The van der Waals surface area contributed by atoms with E-state index in [2.05, 4.69) is 10.2 Å². The van der Waals surface area contributed by atoms with Crippen LogP contribution >= 0.6 is 11.6 Å². The highest BCUT2D eigenvalue weighted by atomic mass is 35.5. The van der Waals surface area contributed by atoms with Crippen LogP contribution in [0.4, 0.5) is 17.1 Å². The Bertz CT molecular complexity index is 1240. The highest BCUT2D eigenvalue weighted by molar-refractivity contribution is 6.31. The SMILES string of the molecule is COc1ccc(Cl)cc1C(=O)N1CCN(c2ccc(NC(=O)c3ccc([N+](=O)[O-])cc3)cc2)CC1. The third-order valence-electron chi connectivity index (χ3n) is 5.79. The Hall–Kier alpha value is -4.11. The number of methoxy groups -OCH3 is 1. The molecule has 0 unspecified atom stereocenters. The van der Waals surface area contributed by atoms with E-state index >= 15 is 0 Å². The zero-order chi connectivity index (χ0) is 24.9. The second kappa shape index (κ2) is 10.4. The summed E-state index contributed by atoms with van der Waals surface area (Å²) in [7, 11) is 1.52. The summed E-state index contributed by atoms with van der Waals surface area (Å²) in [4.78, 5) is 39.6. The van der Waals surface area contributed by atoms with Gasteiger partial charge in [0.2, 0.25) is 0 Å². The molecule has 180 valence electrons. The van der Waals surface area contributed by atoms with Crippen molar-refractivity contribution < 1.29 is 19.2 Å². The van der Waals surface area contributed by atoms with Gasteiger partial charge in [-0.15, -0.1) is 0 Å². The number of carbonyl (C=O) groups is 2. The summed E-state index contributed by atoms with van der Waals surface area (Å²) < 4.78 is 5.31. The molecule has 1 N–H and O–H groups in total. The number of halogens is 1. The minimum atomic E-state index is -0.510. The van der Waals surface area contributed by atoms with Crippen molar-refractivity contribution in [3.8, 4) is 5.75 Å². The summed E-state index contributed by atoms with van der Waals surface area (Å²) in [6.07, 6.45) is 0. The average molecular weight is 495 g/mol. The van der Waals surface area contributed by atoms with Crippen LogP contribution in [0.3, 0.4) is 0 Å². The predicted octanol–water partition coefficient (Wildman–Crippen LogP) is 4.47. The number of amides is 2. The van der Waals surface area contributed by atoms with E-state index in [1.807, 2.05) is 12.1 Å². The molecular weight excluding hydrogens is 472 g/mol. The normalized spacial score (nSPS) is 13.3. The van der Waals surface area contributed by atoms with Gasteiger partial charge in [0.25, 0.3) is 17.5 Å². The summed E-state index contributed by atoms with van der Waals surface area (Å²) in [6, 6.07) is 17.8. The number of nitrogens with one attached hydrogen (secondary N) is 1. The smallest absolute Gasteiger partial charge is 0.269 e. The first-order chi connectivity index (χ1) is 16.9. The van der Waals surface area contributed by atoms with Crippen LogP contribution in [0.5, 0.6) is 5.75 Å². The van der Waals surface area contributed by atoms with E-state index in [4.69, 9.17) is 16.3 Å². The Morgan fingerprint density at radius 1 is 0.971 bits per heavy atom. The van der Waals surface area contributed by atoms with Crippen molar-refractivity contribution in [2.75, 3.05) is 43.5 Å². The Morgan fingerprint density at radius 2 is 1.63 bits per heavy atom. The molecule has 3 aromatic carbocycles. The van der Waals surface area contributed by atoms with E-state index in [1.165, 1.54) is 31.4 Å². The minimum Gasteiger partial charge on any atom is -0.496 e. The molecule has 0 aliphatic carbocycles. The number of ether oxygens (including phenoxy) is 1. The van der Waals surface area contributed by atoms with Gasteiger partial charge in [0.15, 0.2) is 0 Å². The van der Waals surface area contributed by atoms with Gasteiger partial charge in [-0.05, 0) is 54.6 Å². The van der Waals surface area contributed by atoms with Gasteiger partial charge in [-0.25, -0.2) is 0 Å². The molecule has 1 aliphatic rings. The number of anilines is 2. The number of carbonyl (C=O) groups excluding carboxylic acids is 2. The van der Waals surface area contributed by atoms with Gasteiger partial charge in [-0.2, -0.15) is 0 Å². The lowest BCUT2D eigenvalue weighted by Gasteiger charge is -2.36. The lowest BCUT2D eigenvalue weighted by atomic mass is 10.1. The number of nitro benzene ring substituents is 1. The maximum atomic E-state index is 13.0. The molecule has 1 saturated heterocycles. The van der Waals surface area contributed by atoms with Gasteiger partial charge in [-0.3, -0.25) is 19.7 Å². The molecule has 0 saturated carbocycles. The maximum absolute atomic E-state index is 13.0. The molecule has 0 atom stereocenters. The Kier molecular flexibility index (Phi) is 7.17. The lowest BCUT2D eigenvalue weighted by Crippen LogP contribution is -2.48. The van der Waals surface area contributed by atoms with E-state index < -0.39 is 4.92 Å². The molecule has 0 aromatic heterocycles. The second-order valence-electron chi connectivity index (χ2n) is 7.93.